The summed E-state index contributed by atoms with van der Waals surface area (Å²) in [4.78, 5) is 15.1. The van der Waals surface area contributed by atoms with Crippen LogP contribution in [0.3, 0.4) is 0 Å². The fourth-order valence-electron chi connectivity index (χ4n) is 3.54. The van der Waals surface area contributed by atoms with Crippen molar-refractivity contribution in [3.05, 3.63) is 53.1 Å². The molecule has 0 spiro atoms. The molecule has 2 heterocycles. The maximum atomic E-state index is 12.9. The monoisotopic (exact) mass is 458 g/mol. The van der Waals surface area contributed by atoms with Crippen molar-refractivity contribution < 1.29 is 14.3 Å². The first kappa shape index (κ1) is 21.5. The first-order chi connectivity index (χ1) is 15.1. The number of carbonyl (C=O) groups excluding carboxylic acids is 1. The first-order valence-electron chi connectivity index (χ1n) is 9.95. The van der Waals surface area contributed by atoms with Crippen molar-refractivity contribution in [1.82, 2.24) is 14.8 Å². The normalized spacial score (nSPS) is 13.5. The van der Waals surface area contributed by atoms with Crippen LogP contribution in [-0.4, -0.2) is 53.6 Å². The standard InChI is InChI=1S/C22H23ClN4O3S/c1-29-19-10-9-15(13-20(19)30-2)18(28)14-31-22-25-24-21(26-11-5-6-12-26)27(22)17-8-4-3-7-16(17)23/h3-4,7-10,13H,5-6,11-12,14H2,1-2H3. The molecule has 1 aliphatic rings. The quantitative estimate of drug-likeness (QED) is 0.363. The molecule has 1 saturated heterocycles. The van der Waals surface area contributed by atoms with Crippen molar-refractivity contribution in [2.24, 2.45) is 0 Å². The lowest BCUT2D eigenvalue weighted by Gasteiger charge is -2.19. The zero-order valence-electron chi connectivity index (χ0n) is 17.4. The number of para-hydroxylation sites is 1. The number of nitrogens with zero attached hydrogens (tertiary/aromatic N) is 4. The Morgan fingerprint density at radius 1 is 1.06 bits per heavy atom. The Balaban J connectivity index is 1.60. The average molecular weight is 459 g/mol. The lowest BCUT2D eigenvalue weighted by Crippen LogP contribution is -2.22. The average Bonchev–Trinajstić information content (AvgIpc) is 3.47. The van der Waals surface area contributed by atoms with Crippen molar-refractivity contribution >= 4 is 35.1 Å². The second-order valence-corrected chi connectivity index (χ2v) is 8.39. The number of aromatic nitrogens is 3. The van der Waals surface area contributed by atoms with Crippen molar-refractivity contribution in [3.63, 3.8) is 0 Å². The molecule has 7 nitrogen and oxygen atoms in total. The number of halogens is 1. The Kier molecular flexibility index (Phi) is 6.67. The van der Waals surface area contributed by atoms with Crippen LogP contribution < -0.4 is 14.4 Å². The van der Waals surface area contributed by atoms with E-state index in [0.717, 1.165) is 37.6 Å². The van der Waals surface area contributed by atoms with Crippen LogP contribution in [0.2, 0.25) is 5.02 Å². The van der Waals surface area contributed by atoms with Gasteiger partial charge in [-0.1, -0.05) is 35.5 Å². The molecule has 162 valence electrons. The highest BCUT2D eigenvalue weighted by atomic mass is 35.5. The second kappa shape index (κ2) is 9.62. The molecule has 4 rings (SSSR count). The van der Waals surface area contributed by atoms with Gasteiger partial charge in [0.2, 0.25) is 5.95 Å². The van der Waals surface area contributed by atoms with Gasteiger partial charge in [0, 0.05) is 18.7 Å². The summed E-state index contributed by atoms with van der Waals surface area (Å²) in [6.45, 7) is 1.86. The number of methoxy groups -OCH3 is 2. The highest BCUT2D eigenvalue weighted by Crippen LogP contribution is 2.33. The molecule has 31 heavy (non-hydrogen) atoms. The molecule has 0 saturated carbocycles. The molecule has 0 aliphatic carbocycles. The third-order valence-corrected chi connectivity index (χ3v) is 6.38. The summed E-state index contributed by atoms with van der Waals surface area (Å²) in [7, 11) is 3.11. The maximum absolute atomic E-state index is 12.9. The van der Waals surface area contributed by atoms with Crippen LogP contribution in [0.25, 0.3) is 5.69 Å². The minimum Gasteiger partial charge on any atom is -0.493 e. The predicted octanol–water partition coefficient (Wildman–Crippen LogP) is 4.51. The zero-order valence-corrected chi connectivity index (χ0v) is 18.9. The fraction of sp³-hybridized carbons (Fsp3) is 0.318. The molecule has 2 aromatic carbocycles. The van der Waals surface area contributed by atoms with Gasteiger partial charge < -0.3 is 14.4 Å². The van der Waals surface area contributed by atoms with E-state index in [1.165, 1.54) is 11.8 Å². The van der Waals surface area contributed by atoms with Gasteiger partial charge in [-0.15, -0.1) is 10.2 Å². The van der Waals surface area contributed by atoms with Crippen LogP contribution in [-0.2, 0) is 0 Å². The molecule has 9 heteroatoms. The summed E-state index contributed by atoms with van der Waals surface area (Å²) >= 11 is 7.83. The van der Waals surface area contributed by atoms with Gasteiger partial charge >= 0.3 is 0 Å². The van der Waals surface area contributed by atoms with E-state index in [0.29, 0.717) is 27.2 Å². The summed E-state index contributed by atoms with van der Waals surface area (Å²) < 4.78 is 12.5. The third kappa shape index (κ3) is 4.50. The molecule has 1 aliphatic heterocycles. The summed E-state index contributed by atoms with van der Waals surface area (Å²) in [5, 5.41) is 10.0. The van der Waals surface area contributed by atoms with Gasteiger partial charge in [0.15, 0.2) is 22.4 Å². The summed E-state index contributed by atoms with van der Waals surface area (Å²) in [5.74, 6) is 2.03. The maximum Gasteiger partial charge on any atom is 0.232 e. The lowest BCUT2D eigenvalue weighted by molar-refractivity contribution is 0.102. The molecule has 0 unspecified atom stereocenters. The molecule has 0 amide bonds. The van der Waals surface area contributed by atoms with E-state index in [1.54, 1.807) is 32.4 Å². The Morgan fingerprint density at radius 2 is 1.81 bits per heavy atom. The van der Waals surface area contributed by atoms with Crippen LogP contribution >= 0.6 is 23.4 Å². The van der Waals surface area contributed by atoms with E-state index in [2.05, 4.69) is 15.1 Å². The van der Waals surface area contributed by atoms with Crippen LogP contribution in [0, 0.1) is 0 Å². The Morgan fingerprint density at radius 3 is 2.52 bits per heavy atom. The topological polar surface area (TPSA) is 69.5 Å². The van der Waals surface area contributed by atoms with Gasteiger partial charge in [-0.25, -0.2) is 0 Å². The molecular formula is C22H23ClN4O3S. The number of ether oxygens (including phenoxy) is 2. The van der Waals surface area contributed by atoms with Crippen LogP contribution in [0.5, 0.6) is 11.5 Å². The number of anilines is 1. The molecular weight excluding hydrogens is 436 g/mol. The highest BCUT2D eigenvalue weighted by Gasteiger charge is 2.24. The second-order valence-electron chi connectivity index (χ2n) is 7.05. The van der Waals surface area contributed by atoms with Crippen molar-refractivity contribution in [1.29, 1.82) is 0 Å². The fourth-order valence-corrected chi connectivity index (χ4v) is 4.60. The van der Waals surface area contributed by atoms with Gasteiger partial charge in [0.25, 0.3) is 0 Å². The van der Waals surface area contributed by atoms with Gasteiger partial charge in [-0.05, 0) is 43.2 Å². The molecule has 3 aromatic rings. The molecule has 1 aromatic heterocycles. The molecule has 0 atom stereocenters. The summed E-state index contributed by atoms with van der Waals surface area (Å²) in [6.07, 6.45) is 2.24. The van der Waals surface area contributed by atoms with E-state index in [4.69, 9.17) is 21.1 Å². The predicted molar refractivity (Wildman–Crippen MR) is 122 cm³/mol. The number of ketones is 1. The summed E-state index contributed by atoms with van der Waals surface area (Å²) in [5.41, 5.74) is 1.35. The van der Waals surface area contributed by atoms with Crippen molar-refractivity contribution in [2.45, 2.75) is 18.0 Å². The Bertz CT molecular complexity index is 1080. The number of carbonyl (C=O) groups is 1. The van der Waals surface area contributed by atoms with Crippen LogP contribution in [0.1, 0.15) is 23.2 Å². The number of hydrogen-bond donors (Lipinski definition) is 0. The minimum absolute atomic E-state index is 0.0395. The van der Waals surface area contributed by atoms with E-state index in [1.807, 2.05) is 28.8 Å². The molecule has 0 bridgehead atoms. The van der Waals surface area contributed by atoms with E-state index in [-0.39, 0.29) is 11.5 Å². The number of rotatable bonds is 8. The zero-order chi connectivity index (χ0) is 21.8. The molecule has 1 fully saturated rings. The van der Waals surface area contributed by atoms with Gasteiger partial charge in [-0.3, -0.25) is 9.36 Å². The molecule has 0 N–H and O–H groups in total. The van der Waals surface area contributed by atoms with E-state index in [9.17, 15) is 4.79 Å². The van der Waals surface area contributed by atoms with Gasteiger partial charge in [0.05, 0.1) is 30.7 Å². The number of thioether (sulfide) groups is 1. The largest absolute Gasteiger partial charge is 0.493 e. The Hall–Kier alpha value is -2.71. The van der Waals surface area contributed by atoms with Gasteiger partial charge in [-0.2, -0.15) is 0 Å². The first-order valence-corrected chi connectivity index (χ1v) is 11.3. The molecule has 0 radical (unpaired) electrons. The minimum atomic E-state index is -0.0395. The van der Waals surface area contributed by atoms with Gasteiger partial charge in [0.1, 0.15) is 0 Å². The SMILES string of the molecule is COc1ccc(C(=O)CSc2nnc(N3CCCC3)n2-c2ccccc2Cl)cc1OC. The lowest BCUT2D eigenvalue weighted by atomic mass is 10.1. The number of hydrogen-bond acceptors (Lipinski definition) is 7. The summed E-state index contributed by atoms with van der Waals surface area (Å²) in [6, 6.07) is 12.8. The number of benzene rings is 2. The van der Waals surface area contributed by atoms with Crippen LogP contribution in [0.15, 0.2) is 47.6 Å². The number of Topliss-reactive ketones (excluding diaryl/α,β-unsaturated/α-hetero) is 1. The highest BCUT2D eigenvalue weighted by molar-refractivity contribution is 7.99. The van der Waals surface area contributed by atoms with E-state index < -0.39 is 0 Å². The van der Waals surface area contributed by atoms with E-state index >= 15 is 0 Å². The third-order valence-electron chi connectivity index (χ3n) is 5.14. The Labute approximate surface area is 190 Å². The smallest absolute Gasteiger partial charge is 0.232 e. The van der Waals surface area contributed by atoms with Crippen molar-refractivity contribution in [3.8, 4) is 17.2 Å². The van der Waals surface area contributed by atoms with Crippen LogP contribution in [0.4, 0.5) is 5.95 Å². The van der Waals surface area contributed by atoms with Crippen molar-refractivity contribution in [2.75, 3.05) is 38.0 Å².